The van der Waals surface area contributed by atoms with Crippen LogP contribution in [0.3, 0.4) is 0 Å². The molecule has 0 saturated carbocycles. The first kappa shape index (κ1) is 19.5. The van der Waals surface area contributed by atoms with Gasteiger partial charge < -0.3 is 15.1 Å². The van der Waals surface area contributed by atoms with Gasteiger partial charge in [0.1, 0.15) is 0 Å². The van der Waals surface area contributed by atoms with Crippen molar-refractivity contribution in [3.8, 4) is 0 Å². The van der Waals surface area contributed by atoms with Gasteiger partial charge in [0.25, 0.3) is 0 Å². The van der Waals surface area contributed by atoms with Crippen LogP contribution in [0.4, 0.5) is 10.5 Å². The maximum Gasteiger partial charge on any atom is 0.321 e. The lowest BCUT2D eigenvalue weighted by Gasteiger charge is -2.35. The zero-order valence-electron chi connectivity index (χ0n) is 16.8. The van der Waals surface area contributed by atoms with Crippen LogP contribution in [0.5, 0.6) is 0 Å². The third-order valence-corrected chi connectivity index (χ3v) is 6.46. The number of nitrogens with one attached hydrogen (secondary N) is 1. The molecular formula is C23H25N3O2S. The first-order valence-electron chi connectivity index (χ1n) is 9.87. The number of carbonyl (C=O) groups is 2. The number of thiophene rings is 1. The minimum atomic E-state index is -0.104. The summed E-state index contributed by atoms with van der Waals surface area (Å²) >= 11 is 1.68. The molecule has 0 atom stereocenters. The number of carbonyl (C=O) groups excluding carboxylic acids is 2. The van der Waals surface area contributed by atoms with E-state index in [4.69, 9.17) is 0 Å². The first-order chi connectivity index (χ1) is 14.0. The summed E-state index contributed by atoms with van der Waals surface area (Å²) in [6.45, 7) is 6.27. The maximum atomic E-state index is 12.8. The monoisotopic (exact) mass is 407 g/mol. The van der Waals surface area contributed by atoms with Crippen LogP contribution < -0.4 is 5.32 Å². The van der Waals surface area contributed by atoms with E-state index in [1.807, 2.05) is 43.0 Å². The predicted octanol–water partition coefficient (Wildman–Crippen LogP) is 4.44. The van der Waals surface area contributed by atoms with Gasteiger partial charge in [-0.2, -0.15) is 0 Å². The van der Waals surface area contributed by atoms with Crippen LogP contribution in [0.15, 0.2) is 47.8 Å². The zero-order chi connectivity index (χ0) is 20.4. The van der Waals surface area contributed by atoms with Gasteiger partial charge in [-0.15, -0.1) is 11.3 Å². The molecule has 2 aromatic carbocycles. The van der Waals surface area contributed by atoms with Gasteiger partial charge >= 0.3 is 6.03 Å². The molecule has 3 aromatic rings. The Balaban J connectivity index is 1.32. The lowest BCUT2D eigenvalue weighted by Crippen LogP contribution is -2.52. The van der Waals surface area contributed by atoms with E-state index in [0.717, 1.165) is 22.2 Å². The van der Waals surface area contributed by atoms with Crippen molar-refractivity contribution in [3.05, 3.63) is 64.5 Å². The van der Waals surface area contributed by atoms with E-state index in [9.17, 15) is 9.59 Å². The number of rotatable bonds is 3. The Kier molecular flexibility index (Phi) is 5.53. The summed E-state index contributed by atoms with van der Waals surface area (Å²) in [6.07, 6.45) is 0.415. The molecule has 1 saturated heterocycles. The Morgan fingerprint density at radius 1 is 1.00 bits per heavy atom. The smallest absolute Gasteiger partial charge is 0.321 e. The second-order valence-electron chi connectivity index (χ2n) is 7.55. The van der Waals surface area contributed by atoms with E-state index >= 15 is 0 Å². The van der Waals surface area contributed by atoms with Crippen LogP contribution in [-0.4, -0.2) is 47.9 Å². The van der Waals surface area contributed by atoms with Gasteiger partial charge in [-0.05, 0) is 47.9 Å². The van der Waals surface area contributed by atoms with Crippen LogP contribution >= 0.6 is 11.3 Å². The maximum absolute atomic E-state index is 12.8. The largest absolute Gasteiger partial charge is 0.339 e. The zero-order valence-corrected chi connectivity index (χ0v) is 17.6. The fourth-order valence-electron chi connectivity index (χ4n) is 3.75. The SMILES string of the molecule is Cc1ccc(NC(=O)N2CCN(C(=O)Cc3csc4ccccc34)CC2)c(C)c1. The Bertz CT molecular complexity index is 1050. The van der Waals surface area contributed by atoms with Crippen LogP contribution in [0.1, 0.15) is 16.7 Å². The summed E-state index contributed by atoms with van der Waals surface area (Å²) in [7, 11) is 0. The highest BCUT2D eigenvalue weighted by molar-refractivity contribution is 7.17. The van der Waals surface area contributed by atoms with Gasteiger partial charge in [0.15, 0.2) is 0 Å². The number of hydrogen-bond donors (Lipinski definition) is 1. The minimum Gasteiger partial charge on any atom is -0.339 e. The number of aryl methyl sites for hydroxylation is 2. The van der Waals surface area contributed by atoms with Crippen LogP contribution in [-0.2, 0) is 11.2 Å². The van der Waals surface area contributed by atoms with Crippen molar-refractivity contribution in [2.45, 2.75) is 20.3 Å². The molecule has 1 aromatic heterocycles. The fourth-order valence-corrected chi connectivity index (χ4v) is 4.71. The molecule has 1 aliphatic rings. The highest BCUT2D eigenvalue weighted by atomic mass is 32.1. The molecule has 5 nitrogen and oxygen atoms in total. The molecular weight excluding hydrogens is 382 g/mol. The summed E-state index contributed by atoms with van der Waals surface area (Å²) in [4.78, 5) is 29.0. The first-order valence-corrected chi connectivity index (χ1v) is 10.8. The van der Waals surface area contributed by atoms with Crippen molar-refractivity contribution in [2.75, 3.05) is 31.5 Å². The number of fused-ring (bicyclic) bond motifs is 1. The summed E-state index contributed by atoms with van der Waals surface area (Å²) in [5, 5.41) is 6.24. The van der Waals surface area contributed by atoms with E-state index in [1.165, 1.54) is 10.3 Å². The lowest BCUT2D eigenvalue weighted by molar-refractivity contribution is -0.131. The van der Waals surface area contributed by atoms with Crippen LogP contribution in [0.2, 0.25) is 0 Å². The van der Waals surface area contributed by atoms with Crippen molar-refractivity contribution in [3.63, 3.8) is 0 Å². The highest BCUT2D eigenvalue weighted by Gasteiger charge is 2.25. The van der Waals surface area contributed by atoms with Crippen molar-refractivity contribution < 1.29 is 9.59 Å². The summed E-state index contributed by atoms with van der Waals surface area (Å²) < 4.78 is 1.21. The summed E-state index contributed by atoms with van der Waals surface area (Å²) in [6, 6.07) is 14.1. The number of benzene rings is 2. The standard InChI is InChI=1S/C23H25N3O2S/c1-16-7-8-20(17(2)13-16)24-23(28)26-11-9-25(10-12-26)22(27)14-18-15-29-21-6-4-3-5-19(18)21/h3-8,13,15H,9-12,14H2,1-2H3,(H,24,28). The molecule has 0 unspecified atom stereocenters. The van der Waals surface area contributed by atoms with Crippen molar-refractivity contribution in [2.24, 2.45) is 0 Å². The molecule has 1 N–H and O–H groups in total. The van der Waals surface area contributed by atoms with Crippen molar-refractivity contribution in [1.29, 1.82) is 0 Å². The average molecular weight is 408 g/mol. The number of anilines is 1. The van der Waals surface area contributed by atoms with Gasteiger partial charge in [-0.1, -0.05) is 35.9 Å². The molecule has 6 heteroatoms. The fraction of sp³-hybridized carbons (Fsp3) is 0.304. The molecule has 1 fully saturated rings. The second-order valence-corrected chi connectivity index (χ2v) is 8.46. The Morgan fingerprint density at radius 3 is 2.48 bits per heavy atom. The quantitative estimate of drug-likeness (QED) is 0.698. The molecule has 0 radical (unpaired) electrons. The molecule has 150 valence electrons. The number of nitrogens with zero attached hydrogens (tertiary/aromatic N) is 2. The van der Waals surface area contributed by atoms with Gasteiger partial charge in [0.05, 0.1) is 6.42 Å². The molecule has 1 aliphatic heterocycles. The second kappa shape index (κ2) is 8.25. The average Bonchev–Trinajstić information content (AvgIpc) is 3.13. The number of piperazine rings is 1. The van der Waals surface area contributed by atoms with Gasteiger partial charge in [-0.3, -0.25) is 4.79 Å². The number of amides is 3. The molecule has 0 bridgehead atoms. The van der Waals surface area contributed by atoms with E-state index < -0.39 is 0 Å². The van der Waals surface area contributed by atoms with E-state index in [-0.39, 0.29) is 11.9 Å². The Morgan fingerprint density at radius 2 is 1.72 bits per heavy atom. The van der Waals surface area contributed by atoms with Crippen LogP contribution in [0.25, 0.3) is 10.1 Å². The topological polar surface area (TPSA) is 52.7 Å². The molecule has 29 heavy (non-hydrogen) atoms. The Labute approximate surface area is 174 Å². The van der Waals surface area contributed by atoms with E-state index in [1.54, 1.807) is 16.2 Å². The third-order valence-electron chi connectivity index (χ3n) is 5.45. The van der Waals surface area contributed by atoms with Gasteiger partial charge in [-0.25, -0.2) is 4.79 Å². The molecule has 4 rings (SSSR count). The van der Waals surface area contributed by atoms with Crippen molar-refractivity contribution >= 4 is 39.0 Å². The summed E-state index contributed by atoms with van der Waals surface area (Å²) in [5.74, 6) is 0.128. The third kappa shape index (κ3) is 4.27. The lowest BCUT2D eigenvalue weighted by atomic mass is 10.1. The Hall–Kier alpha value is -2.86. The normalized spacial score (nSPS) is 14.3. The predicted molar refractivity (Wildman–Crippen MR) is 119 cm³/mol. The number of urea groups is 1. The van der Waals surface area contributed by atoms with Crippen LogP contribution in [0, 0.1) is 13.8 Å². The molecule has 0 aliphatic carbocycles. The molecule has 0 spiro atoms. The van der Waals surface area contributed by atoms with Gasteiger partial charge in [0, 0.05) is 36.6 Å². The van der Waals surface area contributed by atoms with Crippen molar-refractivity contribution in [1.82, 2.24) is 9.80 Å². The highest BCUT2D eigenvalue weighted by Crippen LogP contribution is 2.26. The molecule has 2 heterocycles. The molecule has 3 amide bonds. The summed E-state index contributed by atoms with van der Waals surface area (Å²) in [5.41, 5.74) is 4.15. The minimum absolute atomic E-state index is 0.104. The van der Waals surface area contributed by atoms with Gasteiger partial charge in [0.2, 0.25) is 5.91 Å². The number of hydrogen-bond acceptors (Lipinski definition) is 3. The van der Waals surface area contributed by atoms with E-state index in [0.29, 0.717) is 32.6 Å². The van der Waals surface area contributed by atoms with E-state index in [2.05, 4.69) is 28.9 Å².